The zero-order valence-corrected chi connectivity index (χ0v) is 14.5. The van der Waals surface area contributed by atoms with E-state index in [4.69, 9.17) is 0 Å². The van der Waals surface area contributed by atoms with E-state index in [0.717, 1.165) is 21.3 Å². The van der Waals surface area contributed by atoms with Gasteiger partial charge in [-0.15, -0.1) is 11.3 Å². The SMILES string of the molecule is Cc1ncc(CN(C)C(=O)c2ccccc2Nc2ccccc2)s1. The molecule has 1 amide bonds. The molecule has 1 aromatic heterocycles. The number of amides is 1. The van der Waals surface area contributed by atoms with Gasteiger partial charge in [-0.3, -0.25) is 4.79 Å². The maximum absolute atomic E-state index is 12.8. The molecule has 0 radical (unpaired) electrons. The Morgan fingerprint density at radius 1 is 1.12 bits per heavy atom. The summed E-state index contributed by atoms with van der Waals surface area (Å²) in [6, 6.07) is 17.4. The number of rotatable bonds is 5. The molecular weight excluding hydrogens is 318 g/mol. The molecule has 0 atom stereocenters. The van der Waals surface area contributed by atoms with Crippen LogP contribution in [0.4, 0.5) is 11.4 Å². The second-order valence-electron chi connectivity index (χ2n) is 5.54. The molecule has 0 aliphatic rings. The number of benzene rings is 2. The van der Waals surface area contributed by atoms with Crippen molar-refractivity contribution in [1.29, 1.82) is 0 Å². The Hall–Kier alpha value is -2.66. The van der Waals surface area contributed by atoms with E-state index in [2.05, 4.69) is 10.3 Å². The zero-order chi connectivity index (χ0) is 16.9. The second kappa shape index (κ2) is 7.27. The summed E-state index contributed by atoms with van der Waals surface area (Å²) in [5.74, 6) is -0.0138. The van der Waals surface area contributed by atoms with Gasteiger partial charge in [0.2, 0.25) is 0 Å². The number of nitrogens with zero attached hydrogens (tertiary/aromatic N) is 2. The molecule has 1 N–H and O–H groups in total. The molecule has 122 valence electrons. The van der Waals surface area contributed by atoms with Gasteiger partial charge in [0, 0.05) is 23.8 Å². The first-order valence-electron chi connectivity index (χ1n) is 7.71. The van der Waals surface area contributed by atoms with Crippen LogP contribution in [0.2, 0.25) is 0 Å². The third-order valence-electron chi connectivity index (χ3n) is 3.62. The van der Waals surface area contributed by atoms with Crippen molar-refractivity contribution in [3.8, 4) is 0 Å². The number of aryl methyl sites for hydroxylation is 1. The fourth-order valence-electron chi connectivity index (χ4n) is 2.45. The summed E-state index contributed by atoms with van der Waals surface area (Å²) in [7, 11) is 1.82. The molecule has 0 aliphatic carbocycles. The maximum Gasteiger partial charge on any atom is 0.256 e. The first kappa shape index (κ1) is 16.2. The lowest BCUT2D eigenvalue weighted by Crippen LogP contribution is -2.26. The molecule has 1 heterocycles. The average Bonchev–Trinajstić information content (AvgIpc) is 3.00. The van der Waals surface area contributed by atoms with E-state index in [9.17, 15) is 4.79 Å². The van der Waals surface area contributed by atoms with Gasteiger partial charge in [-0.25, -0.2) is 4.98 Å². The maximum atomic E-state index is 12.8. The molecule has 3 aromatic rings. The predicted molar refractivity (Wildman–Crippen MR) is 98.8 cm³/mol. The van der Waals surface area contributed by atoms with Crippen LogP contribution in [0.25, 0.3) is 0 Å². The summed E-state index contributed by atoms with van der Waals surface area (Å²) in [5.41, 5.74) is 2.42. The fourth-order valence-corrected chi connectivity index (χ4v) is 3.29. The number of carbonyl (C=O) groups excluding carboxylic acids is 1. The van der Waals surface area contributed by atoms with Crippen LogP contribution in [0, 0.1) is 6.92 Å². The third kappa shape index (κ3) is 3.81. The lowest BCUT2D eigenvalue weighted by molar-refractivity contribution is 0.0787. The number of hydrogen-bond donors (Lipinski definition) is 1. The number of anilines is 2. The molecule has 0 spiro atoms. The molecule has 0 saturated carbocycles. The van der Waals surface area contributed by atoms with Gasteiger partial charge in [0.1, 0.15) is 0 Å². The van der Waals surface area contributed by atoms with Gasteiger partial charge in [0.15, 0.2) is 0 Å². The molecule has 3 rings (SSSR count). The largest absolute Gasteiger partial charge is 0.355 e. The number of nitrogens with one attached hydrogen (secondary N) is 1. The van der Waals surface area contributed by atoms with E-state index >= 15 is 0 Å². The highest BCUT2D eigenvalue weighted by Crippen LogP contribution is 2.23. The van der Waals surface area contributed by atoms with Gasteiger partial charge in [-0.1, -0.05) is 30.3 Å². The van der Waals surface area contributed by atoms with Gasteiger partial charge in [-0.2, -0.15) is 0 Å². The van der Waals surface area contributed by atoms with Crippen molar-refractivity contribution in [2.24, 2.45) is 0 Å². The van der Waals surface area contributed by atoms with E-state index in [0.29, 0.717) is 12.1 Å². The summed E-state index contributed by atoms with van der Waals surface area (Å²) in [6.45, 7) is 2.53. The van der Waals surface area contributed by atoms with Crippen LogP contribution < -0.4 is 5.32 Å². The molecule has 2 aromatic carbocycles. The number of thiazole rings is 1. The fraction of sp³-hybridized carbons (Fsp3) is 0.158. The van der Waals surface area contributed by atoms with Crippen LogP contribution in [-0.2, 0) is 6.54 Å². The van der Waals surface area contributed by atoms with Crippen LogP contribution in [0.3, 0.4) is 0 Å². The van der Waals surface area contributed by atoms with Crippen molar-refractivity contribution in [3.63, 3.8) is 0 Å². The minimum atomic E-state index is -0.0138. The molecule has 0 saturated heterocycles. The molecule has 0 aliphatic heterocycles. The second-order valence-corrected chi connectivity index (χ2v) is 6.86. The Bertz CT molecular complexity index is 829. The first-order chi connectivity index (χ1) is 11.6. The zero-order valence-electron chi connectivity index (χ0n) is 13.7. The average molecular weight is 337 g/mol. The van der Waals surface area contributed by atoms with E-state index in [1.807, 2.05) is 74.8 Å². The van der Waals surface area contributed by atoms with E-state index in [1.165, 1.54) is 0 Å². The van der Waals surface area contributed by atoms with Crippen LogP contribution in [0.5, 0.6) is 0 Å². The summed E-state index contributed by atoms with van der Waals surface area (Å²) in [5, 5.41) is 4.33. The van der Waals surface area contributed by atoms with Crippen molar-refractivity contribution in [2.75, 3.05) is 12.4 Å². The molecule has 0 bridgehead atoms. The summed E-state index contributed by atoms with van der Waals surface area (Å²) in [4.78, 5) is 19.9. The highest BCUT2D eigenvalue weighted by Gasteiger charge is 2.16. The quantitative estimate of drug-likeness (QED) is 0.747. The van der Waals surface area contributed by atoms with E-state index < -0.39 is 0 Å². The number of para-hydroxylation sites is 2. The first-order valence-corrected chi connectivity index (χ1v) is 8.53. The molecule has 5 heteroatoms. The van der Waals surface area contributed by atoms with Gasteiger partial charge in [0.25, 0.3) is 5.91 Å². The lowest BCUT2D eigenvalue weighted by Gasteiger charge is -2.19. The van der Waals surface area contributed by atoms with E-state index in [1.54, 1.807) is 16.2 Å². The topological polar surface area (TPSA) is 45.2 Å². The van der Waals surface area contributed by atoms with Crippen LogP contribution in [0.1, 0.15) is 20.2 Å². The Morgan fingerprint density at radius 3 is 2.54 bits per heavy atom. The van der Waals surface area contributed by atoms with Crippen molar-refractivity contribution in [2.45, 2.75) is 13.5 Å². The van der Waals surface area contributed by atoms with E-state index in [-0.39, 0.29) is 5.91 Å². The Balaban J connectivity index is 1.79. The van der Waals surface area contributed by atoms with Crippen LogP contribution in [0.15, 0.2) is 60.8 Å². The van der Waals surface area contributed by atoms with Crippen LogP contribution >= 0.6 is 11.3 Å². The Labute approximate surface area is 145 Å². The lowest BCUT2D eigenvalue weighted by atomic mass is 10.1. The molecule has 0 fully saturated rings. The summed E-state index contributed by atoms with van der Waals surface area (Å²) >= 11 is 1.61. The highest BCUT2D eigenvalue weighted by molar-refractivity contribution is 7.11. The van der Waals surface area contributed by atoms with Gasteiger partial charge < -0.3 is 10.2 Å². The standard InChI is InChI=1S/C19H19N3OS/c1-14-20-12-16(24-14)13-22(2)19(23)17-10-6-7-11-18(17)21-15-8-4-3-5-9-15/h3-12,21H,13H2,1-2H3. The molecule has 4 nitrogen and oxygen atoms in total. The summed E-state index contributed by atoms with van der Waals surface area (Å²) in [6.07, 6.45) is 1.83. The highest BCUT2D eigenvalue weighted by atomic mass is 32.1. The molecule has 24 heavy (non-hydrogen) atoms. The molecular formula is C19H19N3OS. The smallest absolute Gasteiger partial charge is 0.256 e. The number of aromatic nitrogens is 1. The van der Waals surface area contributed by atoms with Crippen molar-refractivity contribution >= 4 is 28.6 Å². The normalized spacial score (nSPS) is 10.4. The van der Waals surface area contributed by atoms with Gasteiger partial charge in [-0.05, 0) is 31.2 Å². The van der Waals surface area contributed by atoms with Gasteiger partial charge in [0.05, 0.1) is 22.8 Å². The third-order valence-corrected chi connectivity index (χ3v) is 4.52. The van der Waals surface area contributed by atoms with Crippen LogP contribution in [-0.4, -0.2) is 22.8 Å². The number of carbonyl (C=O) groups is 1. The van der Waals surface area contributed by atoms with Crippen molar-refractivity contribution in [1.82, 2.24) is 9.88 Å². The minimum absolute atomic E-state index is 0.0138. The molecule has 0 unspecified atom stereocenters. The van der Waals surface area contributed by atoms with Crippen molar-refractivity contribution < 1.29 is 4.79 Å². The van der Waals surface area contributed by atoms with Crippen molar-refractivity contribution in [3.05, 3.63) is 76.2 Å². The monoisotopic (exact) mass is 337 g/mol. The number of hydrogen-bond acceptors (Lipinski definition) is 4. The Kier molecular flexibility index (Phi) is 4.91. The Morgan fingerprint density at radius 2 is 1.83 bits per heavy atom. The summed E-state index contributed by atoms with van der Waals surface area (Å²) < 4.78 is 0. The minimum Gasteiger partial charge on any atom is -0.355 e. The van der Waals surface area contributed by atoms with Gasteiger partial charge >= 0.3 is 0 Å². The predicted octanol–water partition coefficient (Wildman–Crippen LogP) is 4.47.